The number of hydrogen-bond acceptors (Lipinski definition) is 0. The first kappa shape index (κ1) is 90.0. The van der Waals surface area contributed by atoms with Crippen molar-refractivity contribution in [3.05, 3.63) is 305 Å². The van der Waals surface area contributed by atoms with Crippen LogP contribution in [0.5, 0.6) is 0 Å². The Morgan fingerprint density at radius 2 is 0.417 bits per heavy atom. The first-order valence-corrected chi connectivity index (χ1v) is 44.3. The highest BCUT2D eigenvalue weighted by molar-refractivity contribution is 7.29. The molecule has 0 fully saturated rings. The summed E-state index contributed by atoms with van der Waals surface area (Å²) < 4.78 is 0. The van der Waals surface area contributed by atoms with Crippen LogP contribution >= 0.6 is 129 Å². The fourth-order valence-corrected chi connectivity index (χ4v) is 14.8. The van der Waals surface area contributed by atoms with Crippen LogP contribution in [0, 0.1) is 27.7 Å². The third-order valence-corrected chi connectivity index (χ3v) is 22.8. The van der Waals surface area contributed by atoms with Gasteiger partial charge in [-0.05, 0) is 275 Å². The van der Waals surface area contributed by atoms with E-state index in [-0.39, 0.29) is 0 Å². The third-order valence-electron chi connectivity index (χ3n) is 16.9. The highest BCUT2D eigenvalue weighted by Gasteiger charge is 2.09. The zero-order valence-corrected chi connectivity index (χ0v) is 78.0. The van der Waals surface area contributed by atoms with Gasteiger partial charge in [0, 0.05) is 0 Å². The van der Waals surface area contributed by atoms with E-state index in [0.29, 0.717) is 0 Å². The van der Waals surface area contributed by atoms with E-state index in [2.05, 4.69) is 412 Å². The zero-order valence-electron chi connectivity index (χ0n) is 61.9. The SMILES string of the molecule is CC.CC.CC.Cc1c(CP)ccc(-c2ccc(P)cc2)c1C.Cc1c(P)ccc(-c2ccc(CP)cc2)c1C.PCc1ccc2cc(P)ccc2c1.PCc1ccc2cc(P)ccc2c1.PCc1ccc2cc(P)ccc2c1.Pc1ccc2cc(P)ccc2c1.Pc1ccc2cc(P)ccc2c1. The zero-order chi connectivity index (χ0) is 75.7. The molecule has 0 aliphatic rings. The molecule has 0 saturated carbocycles. The minimum absolute atomic E-state index is 1.02. The summed E-state index contributed by atoms with van der Waals surface area (Å²) in [5.74, 6) is 0. The summed E-state index contributed by atoms with van der Waals surface area (Å²) >= 11 is 0. The molecule has 536 valence electrons. The quantitative estimate of drug-likeness (QED) is 0.140. The molecule has 0 radical (unpaired) electrons. The van der Waals surface area contributed by atoms with E-state index in [1.54, 1.807) is 0 Å². The van der Waals surface area contributed by atoms with Crippen LogP contribution in [0.1, 0.15) is 91.6 Å². The van der Waals surface area contributed by atoms with Crippen molar-refractivity contribution in [2.45, 2.75) is 100 Å². The molecule has 103 heavy (non-hydrogen) atoms. The van der Waals surface area contributed by atoms with Gasteiger partial charge in [-0.3, -0.25) is 0 Å². The molecule has 14 atom stereocenters. The summed E-state index contributed by atoms with van der Waals surface area (Å²) in [4.78, 5) is 0. The van der Waals surface area contributed by atoms with Gasteiger partial charge in [-0.15, -0.1) is 129 Å². The van der Waals surface area contributed by atoms with E-state index >= 15 is 0 Å². The second-order valence-electron chi connectivity index (χ2n) is 23.9. The van der Waals surface area contributed by atoms with Gasteiger partial charge in [0.25, 0.3) is 0 Å². The lowest BCUT2D eigenvalue weighted by molar-refractivity contribution is 1.25. The normalized spacial score (nSPS) is 10.1. The van der Waals surface area contributed by atoms with Crippen LogP contribution in [-0.4, -0.2) is 0 Å². The summed E-state index contributed by atoms with van der Waals surface area (Å²) in [5.41, 5.74) is 17.7. The number of fused-ring (bicyclic) bond motifs is 5. The predicted molar refractivity (Wildman–Crippen MR) is 528 cm³/mol. The highest BCUT2D eigenvalue weighted by atomic mass is 31.0. The summed E-state index contributed by atoms with van der Waals surface area (Å²) in [5, 5.41) is 24.3. The maximum Gasteiger partial charge on any atom is -0.0126 e. The molecule has 0 saturated heterocycles. The average molecular weight is 1610 g/mol. The molecule has 0 aliphatic heterocycles. The Morgan fingerprint density at radius 1 is 0.194 bits per heavy atom. The highest BCUT2D eigenvalue weighted by Crippen LogP contribution is 2.30. The standard InChI is InChI=1S/2C15H18P2.3C11H12P2.2C10H10P2.3C2H6/c1-10-11(2)15(8-5-13(10)9-16)12-3-6-14(17)7-4-12;1-10-11(2)15(17)8-7-14(10)13-5-3-12(9-16)4-6-13;3*12-7-8-1-2-10-6-11(13)4-3-9(10)5-8;2*11-9-3-1-7-5-10(12)4-2-8(7)6-9;3*1-2/h2*3-8H,9,16-17H2,1-2H3;3*1-6H,7,12-13H2;2*1-6H,11-12H2;3*1-2H3. The Bertz CT molecular complexity index is 4580. The van der Waals surface area contributed by atoms with Crippen molar-refractivity contribution in [2.75, 3.05) is 0 Å². The minimum atomic E-state index is 1.02. The topological polar surface area (TPSA) is 0 Å². The first-order chi connectivity index (χ1) is 49.6. The first-order valence-electron chi connectivity index (χ1n) is 35.0. The number of benzene rings is 14. The van der Waals surface area contributed by atoms with Gasteiger partial charge in [0.15, 0.2) is 0 Å². The van der Waals surface area contributed by atoms with Crippen molar-refractivity contribution in [3.8, 4) is 22.3 Å². The minimum Gasteiger partial charge on any atom is -0.133 e. The lowest BCUT2D eigenvalue weighted by atomic mass is 9.94. The molecular formula is C89H110P14. The fraction of sp³-hybridized carbons (Fsp3) is 0.169. The molecule has 0 amide bonds. The van der Waals surface area contributed by atoms with Crippen LogP contribution in [0.2, 0.25) is 0 Å². The van der Waals surface area contributed by atoms with Gasteiger partial charge in [-0.1, -0.05) is 254 Å². The van der Waals surface area contributed by atoms with Crippen LogP contribution in [0.25, 0.3) is 76.1 Å². The molecule has 0 nitrogen and oxygen atoms in total. The molecule has 0 N–H and O–H groups in total. The van der Waals surface area contributed by atoms with E-state index in [1.165, 1.54) is 174 Å². The molecule has 14 aromatic carbocycles. The maximum atomic E-state index is 2.80. The molecule has 14 aromatic rings. The lowest BCUT2D eigenvalue weighted by Crippen LogP contribution is -2.00. The lowest BCUT2D eigenvalue weighted by Gasteiger charge is -2.12. The summed E-state index contributed by atoms with van der Waals surface area (Å²) in [6.07, 6.45) is 5.12. The van der Waals surface area contributed by atoms with Gasteiger partial charge in [-0.2, -0.15) is 0 Å². The van der Waals surface area contributed by atoms with Gasteiger partial charge in [0.1, 0.15) is 0 Å². The smallest absolute Gasteiger partial charge is 0.0126 e. The molecular weight excluding hydrogens is 1500 g/mol. The van der Waals surface area contributed by atoms with E-state index in [9.17, 15) is 0 Å². The second kappa shape index (κ2) is 48.0. The number of hydrogen-bond donors (Lipinski definition) is 0. The van der Waals surface area contributed by atoms with Crippen molar-refractivity contribution < 1.29 is 0 Å². The predicted octanol–water partition coefficient (Wildman–Crippen LogP) is 22.6. The van der Waals surface area contributed by atoms with Crippen molar-refractivity contribution >= 4 is 231 Å². The monoisotopic (exact) mass is 1610 g/mol. The van der Waals surface area contributed by atoms with Gasteiger partial charge in [-0.25, -0.2) is 0 Å². The Kier molecular flexibility index (Phi) is 42.0. The van der Waals surface area contributed by atoms with Crippen molar-refractivity contribution in [1.29, 1.82) is 0 Å². The molecule has 14 unspecified atom stereocenters. The van der Waals surface area contributed by atoms with Crippen molar-refractivity contribution in [3.63, 3.8) is 0 Å². The average Bonchev–Trinajstić information content (AvgIpc) is 0.847. The molecule has 0 aliphatic carbocycles. The Labute approximate surface area is 652 Å². The van der Waals surface area contributed by atoms with E-state index in [1.807, 2.05) is 41.5 Å². The van der Waals surface area contributed by atoms with E-state index < -0.39 is 0 Å². The van der Waals surface area contributed by atoms with Crippen LogP contribution in [0.4, 0.5) is 0 Å². The van der Waals surface area contributed by atoms with E-state index in [0.717, 1.165) is 30.8 Å². The Morgan fingerprint density at radius 3 is 0.689 bits per heavy atom. The van der Waals surface area contributed by atoms with Crippen LogP contribution in [0.15, 0.2) is 255 Å². The third kappa shape index (κ3) is 28.7. The summed E-state index contributed by atoms with van der Waals surface area (Å²) in [7, 11) is 38.3. The molecule has 0 spiro atoms. The van der Waals surface area contributed by atoms with Gasteiger partial charge < -0.3 is 0 Å². The molecule has 14 rings (SSSR count). The van der Waals surface area contributed by atoms with Gasteiger partial charge in [0.05, 0.1) is 0 Å². The van der Waals surface area contributed by atoms with Crippen molar-refractivity contribution in [2.24, 2.45) is 0 Å². The van der Waals surface area contributed by atoms with E-state index in [4.69, 9.17) is 0 Å². The van der Waals surface area contributed by atoms with Crippen LogP contribution in [-0.2, 0) is 30.8 Å². The molecule has 0 aromatic heterocycles. The number of rotatable bonds is 7. The summed E-state index contributed by atoms with van der Waals surface area (Å²) in [6, 6.07) is 91.3. The van der Waals surface area contributed by atoms with Gasteiger partial charge in [0.2, 0.25) is 0 Å². The van der Waals surface area contributed by atoms with Crippen LogP contribution < -0.4 is 47.7 Å². The van der Waals surface area contributed by atoms with Crippen LogP contribution in [0.3, 0.4) is 0 Å². The Balaban J connectivity index is 0.000000214. The van der Waals surface area contributed by atoms with Crippen molar-refractivity contribution in [1.82, 2.24) is 0 Å². The second-order valence-corrected chi connectivity index (χ2v) is 31.9. The fourth-order valence-electron chi connectivity index (χ4n) is 10.9. The Hall–Kier alpha value is -3.60. The largest absolute Gasteiger partial charge is 0.133 e. The molecule has 0 bridgehead atoms. The summed E-state index contributed by atoms with van der Waals surface area (Å²) in [6.45, 7) is 20.8. The molecule has 14 heteroatoms. The molecule has 0 heterocycles. The van der Waals surface area contributed by atoms with Gasteiger partial charge >= 0.3 is 0 Å². The maximum absolute atomic E-state index is 2.80.